The van der Waals surface area contributed by atoms with Gasteiger partial charge in [-0.2, -0.15) is 0 Å². The van der Waals surface area contributed by atoms with Crippen LogP contribution in [0.3, 0.4) is 0 Å². The van der Waals surface area contributed by atoms with E-state index in [1.165, 1.54) is 18.4 Å². The monoisotopic (exact) mass is 381 g/mol. The van der Waals surface area contributed by atoms with Crippen LogP contribution >= 0.6 is 0 Å². The first-order valence-corrected chi connectivity index (χ1v) is 10.2. The molecule has 1 aliphatic heterocycles. The summed E-state index contributed by atoms with van der Waals surface area (Å²) in [5.41, 5.74) is 2.15. The van der Waals surface area contributed by atoms with E-state index in [9.17, 15) is 5.11 Å². The maximum atomic E-state index is 10.4. The molecular weight excluding hydrogens is 350 g/mol. The third-order valence-corrected chi connectivity index (χ3v) is 5.09. The highest BCUT2D eigenvalue weighted by Gasteiger charge is 2.23. The molecule has 1 aromatic carbocycles. The molecule has 1 saturated heterocycles. The number of hydrogen-bond acceptors (Lipinski definition) is 4. The number of pyridine rings is 1. The number of aliphatic hydroxyl groups excluding tert-OH is 1. The van der Waals surface area contributed by atoms with Crippen molar-refractivity contribution in [2.45, 2.75) is 31.9 Å². The van der Waals surface area contributed by atoms with Crippen LogP contribution in [0.15, 0.2) is 59.9 Å². The lowest BCUT2D eigenvalue weighted by Gasteiger charge is -2.27. The molecule has 2 unspecified atom stereocenters. The topological polar surface area (TPSA) is 72.8 Å². The Morgan fingerprint density at radius 3 is 2.46 bits per heavy atom. The van der Waals surface area contributed by atoms with E-state index in [2.05, 4.69) is 50.8 Å². The third-order valence-electron chi connectivity index (χ3n) is 5.09. The molecule has 0 saturated carbocycles. The fraction of sp³-hybridized carbons (Fsp3) is 0.455. The Morgan fingerprint density at radius 1 is 1.07 bits per heavy atom. The minimum atomic E-state index is -0.602. The van der Waals surface area contributed by atoms with Gasteiger partial charge >= 0.3 is 0 Å². The molecule has 150 valence electrons. The van der Waals surface area contributed by atoms with E-state index in [0.717, 1.165) is 31.2 Å². The Labute approximate surface area is 167 Å². The van der Waals surface area contributed by atoms with Crippen molar-refractivity contribution in [1.82, 2.24) is 20.5 Å². The summed E-state index contributed by atoms with van der Waals surface area (Å²) in [7, 11) is 0. The first-order valence-electron chi connectivity index (χ1n) is 10.2. The Kier molecular flexibility index (Phi) is 7.82. The third kappa shape index (κ3) is 5.78. The molecule has 2 aromatic rings. The van der Waals surface area contributed by atoms with Gasteiger partial charge < -0.3 is 15.7 Å². The maximum Gasteiger partial charge on any atom is 0.191 e. The second-order valence-electron chi connectivity index (χ2n) is 7.07. The lowest BCUT2D eigenvalue weighted by atomic mass is 10.1. The van der Waals surface area contributed by atoms with Gasteiger partial charge in [-0.3, -0.25) is 14.9 Å². The smallest absolute Gasteiger partial charge is 0.191 e. The molecule has 6 nitrogen and oxygen atoms in total. The van der Waals surface area contributed by atoms with E-state index in [4.69, 9.17) is 4.99 Å². The molecule has 1 aromatic heterocycles. The predicted octanol–water partition coefficient (Wildman–Crippen LogP) is 2.51. The van der Waals surface area contributed by atoms with Crippen molar-refractivity contribution in [2.75, 3.05) is 32.7 Å². The molecule has 3 N–H and O–H groups in total. The minimum Gasteiger partial charge on any atom is -0.387 e. The molecule has 3 rings (SSSR count). The standard InChI is InChI=1S/C22H31N5O/c1-2-24-22(26-17-21(28)19-10-12-23-13-11-19)25-16-20(27-14-6-7-15-27)18-8-4-3-5-9-18/h3-5,8-13,20-21,28H,2,6-7,14-17H2,1H3,(H2,24,25,26). The first-order chi connectivity index (χ1) is 13.8. The van der Waals surface area contributed by atoms with Crippen LogP contribution in [0.4, 0.5) is 0 Å². The van der Waals surface area contributed by atoms with Gasteiger partial charge in [0.25, 0.3) is 0 Å². The quantitative estimate of drug-likeness (QED) is 0.484. The van der Waals surface area contributed by atoms with E-state index < -0.39 is 6.10 Å². The highest BCUT2D eigenvalue weighted by molar-refractivity contribution is 5.79. The molecule has 1 fully saturated rings. The molecule has 6 heteroatoms. The molecule has 0 amide bonds. The van der Waals surface area contributed by atoms with Crippen LogP contribution in [-0.4, -0.2) is 53.7 Å². The Morgan fingerprint density at radius 2 is 1.79 bits per heavy atom. The fourth-order valence-electron chi connectivity index (χ4n) is 3.58. The number of aliphatic imine (C=N–C) groups is 1. The van der Waals surface area contributed by atoms with Crippen LogP contribution in [0.5, 0.6) is 0 Å². The van der Waals surface area contributed by atoms with Gasteiger partial charge in [0.05, 0.1) is 18.7 Å². The fourth-order valence-corrected chi connectivity index (χ4v) is 3.58. The second-order valence-corrected chi connectivity index (χ2v) is 7.07. The molecular formula is C22H31N5O. The van der Waals surface area contributed by atoms with E-state index in [1.54, 1.807) is 12.4 Å². The van der Waals surface area contributed by atoms with E-state index in [-0.39, 0.29) is 6.04 Å². The van der Waals surface area contributed by atoms with E-state index in [0.29, 0.717) is 13.1 Å². The number of aliphatic hydroxyl groups is 1. The molecule has 1 aliphatic rings. The lowest BCUT2D eigenvalue weighted by Crippen LogP contribution is -2.40. The maximum absolute atomic E-state index is 10.4. The summed E-state index contributed by atoms with van der Waals surface area (Å²) >= 11 is 0. The summed E-state index contributed by atoms with van der Waals surface area (Å²) in [5.74, 6) is 0.732. The summed E-state index contributed by atoms with van der Waals surface area (Å²) in [6.45, 7) is 6.16. The Hall–Kier alpha value is -2.44. The SMILES string of the molecule is CCNC(=NCC(c1ccccc1)N1CCCC1)NCC(O)c1ccncc1. The number of rotatable bonds is 8. The largest absolute Gasteiger partial charge is 0.387 e. The van der Waals surface area contributed by atoms with E-state index >= 15 is 0 Å². The number of benzene rings is 1. The molecule has 0 radical (unpaired) electrons. The van der Waals surface area contributed by atoms with Crippen molar-refractivity contribution in [1.29, 1.82) is 0 Å². The number of hydrogen-bond donors (Lipinski definition) is 3. The first kappa shape index (κ1) is 20.3. The van der Waals surface area contributed by atoms with Crippen LogP contribution in [0.25, 0.3) is 0 Å². The summed E-state index contributed by atoms with van der Waals surface area (Å²) in [6.07, 6.45) is 5.29. The zero-order valence-electron chi connectivity index (χ0n) is 16.6. The zero-order chi connectivity index (χ0) is 19.6. The van der Waals surface area contributed by atoms with E-state index in [1.807, 2.05) is 19.1 Å². The number of nitrogens with zero attached hydrogens (tertiary/aromatic N) is 3. The molecule has 0 bridgehead atoms. The van der Waals surface area contributed by atoms with Gasteiger partial charge in [0, 0.05) is 25.5 Å². The number of nitrogens with one attached hydrogen (secondary N) is 2. The highest BCUT2D eigenvalue weighted by Crippen LogP contribution is 2.25. The van der Waals surface area contributed by atoms with Crippen molar-refractivity contribution in [3.8, 4) is 0 Å². The molecule has 2 atom stereocenters. The van der Waals surface area contributed by atoms with Gasteiger partial charge in [-0.25, -0.2) is 0 Å². The van der Waals surface area contributed by atoms with Crippen molar-refractivity contribution in [3.63, 3.8) is 0 Å². The highest BCUT2D eigenvalue weighted by atomic mass is 16.3. The normalized spacial score (nSPS) is 17.3. The van der Waals surface area contributed by atoms with Crippen LogP contribution in [0.2, 0.25) is 0 Å². The Balaban J connectivity index is 1.65. The lowest BCUT2D eigenvalue weighted by molar-refractivity contribution is 0.180. The summed E-state index contributed by atoms with van der Waals surface area (Å²) in [4.78, 5) is 11.3. The van der Waals surface area contributed by atoms with Crippen molar-refractivity contribution in [2.24, 2.45) is 4.99 Å². The molecule has 2 heterocycles. The van der Waals surface area contributed by atoms with Gasteiger partial charge in [-0.05, 0) is 56.1 Å². The summed E-state index contributed by atoms with van der Waals surface area (Å²) in [5, 5.41) is 16.9. The summed E-state index contributed by atoms with van der Waals surface area (Å²) in [6, 6.07) is 14.6. The molecule has 28 heavy (non-hydrogen) atoms. The van der Waals surface area contributed by atoms with Crippen LogP contribution < -0.4 is 10.6 Å². The molecule has 0 spiro atoms. The van der Waals surface area contributed by atoms with Crippen LogP contribution in [0.1, 0.15) is 43.0 Å². The van der Waals surface area contributed by atoms with Gasteiger partial charge in [0.15, 0.2) is 5.96 Å². The second kappa shape index (κ2) is 10.8. The number of guanidine groups is 1. The van der Waals surface area contributed by atoms with Gasteiger partial charge in [0.1, 0.15) is 0 Å². The summed E-state index contributed by atoms with van der Waals surface area (Å²) < 4.78 is 0. The van der Waals surface area contributed by atoms with Crippen LogP contribution in [-0.2, 0) is 0 Å². The Bertz CT molecular complexity index is 716. The zero-order valence-corrected chi connectivity index (χ0v) is 16.6. The van der Waals surface area contributed by atoms with Crippen molar-refractivity contribution >= 4 is 5.96 Å². The van der Waals surface area contributed by atoms with Gasteiger partial charge in [-0.15, -0.1) is 0 Å². The molecule has 0 aliphatic carbocycles. The van der Waals surface area contributed by atoms with Crippen molar-refractivity contribution in [3.05, 3.63) is 66.0 Å². The van der Waals surface area contributed by atoms with Crippen LogP contribution in [0, 0.1) is 0 Å². The minimum absolute atomic E-state index is 0.282. The van der Waals surface area contributed by atoms with Gasteiger partial charge in [-0.1, -0.05) is 30.3 Å². The average molecular weight is 382 g/mol. The number of likely N-dealkylation sites (tertiary alicyclic amines) is 1. The number of aromatic nitrogens is 1. The predicted molar refractivity (Wildman–Crippen MR) is 113 cm³/mol. The van der Waals surface area contributed by atoms with Crippen molar-refractivity contribution < 1.29 is 5.11 Å². The average Bonchev–Trinajstić information content (AvgIpc) is 3.28. The van der Waals surface area contributed by atoms with Gasteiger partial charge in [0.2, 0.25) is 0 Å².